The molecule has 4 nitrogen and oxygen atoms in total. The molecule has 1 amide bonds. The van der Waals surface area contributed by atoms with Crippen LogP contribution in [0.4, 0.5) is 11.4 Å². The van der Waals surface area contributed by atoms with Crippen LogP contribution in [-0.2, 0) is 4.79 Å². The molecule has 3 aromatic carbocycles. The highest BCUT2D eigenvalue weighted by molar-refractivity contribution is 5.98. The smallest absolute Gasteiger partial charge is 0.241 e. The van der Waals surface area contributed by atoms with Crippen molar-refractivity contribution in [2.75, 3.05) is 5.32 Å². The van der Waals surface area contributed by atoms with Gasteiger partial charge in [0.25, 0.3) is 0 Å². The van der Waals surface area contributed by atoms with E-state index in [1.807, 2.05) is 66.7 Å². The Morgan fingerprint density at radius 3 is 2.64 bits per heavy atom. The van der Waals surface area contributed by atoms with E-state index >= 15 is 0 Å². The van der Waals surface area contributed by atoms with Crippen LogP contribution in [0.3, 0.4) is 0 Å². The number of benzene rings is 3. The summed E-state index contributed by atoms with van der Waals surface area (Å²) in [5.41, 5.74) is 9.85. The van der Waals surface area contributed by atoms with Gasteiger partial charge in [0.1, 0.15) is 0 Å². The average Bonchev–Trinajstić information content (AvgIpc) is 3.04. The van der Waals surface area contributed by atoms with Crippen molar-refractivity contribution >= 4 is 33.6 Å². The Morgan fingerprint density at radius 1 is 1.00 bits per heavy atom. The fourth-order valence-corrected chi connectivity index (χ4v) is 3.07. The molecule has 4 heteroatoms. The standard InChI is InChI=1S/C21H18N3O/c22-19(12-16-13-23-20-8-4-3-7-18(16)20)21(25)24-17-10-9-14-5-1-2-6-15(14)11-17/h1-11,13,19H,12,22H2,(H,24,25). The van der Waals surface area contributed by atoms with Crippen molar-refractivity contribution in [2.24, 2.45) is 5.73 Å². The lowest BCUT2D eigenvalue weighted by Crippen LogP contribution is -2.35. The SMILES string of the molecule is NC(CC1=C[N]c2ccccc21)C(=O)Nc1ccc2ccccc2c1. The maximum absolute atomic E-state index is 12.5. The predicted octanol–water partition coefficient (Wildman–Crippen LogP) is 3.79. The number of anilines is 1. The van der Waals surface area contributed by atoms with Gasteiger partial charge in [0.05, 0.1) is 11.7 Å². The highest BCUT2D eigenvalue weighted by atomic mass is 16.2. The van der Waals surface area contributed by atoms with Crippen LogP contribution in [0.25, 0.3) is 16.3 Å². The lowest BCUT2D eigenvalue weighted by molar-refractivity contribution is -0.117. The van der Waals surface area contributed by atoms with Gasteiger partial charge in [-0.2, -0.15) is 0 Å². The van der Waals surface area contributed by atoms with Gasteiger partial charge in [0, 0.05) is 17.5 Å². The number of hydrogen-bond acceptors (Lipinski definition) is 2. The summed E-state index contributed by atoms with van der Waals surface area (Å²) in [5, 5.41) is 9.49. The highest BCUT2D eigenvalue weighted by Gasteiger charge is 2.21. The van der Waals surface area contributed by atoms with Crippen LogP contribution in [0.2, 0.25) is 0 Å². The van der Waals surface area contributed by atoms with E-state index in [9.17, 15) is 4.79 Å². The maximum Gasteiger partial charge on any atom is 0.241 e. The molecule has 25 heavy (non-hydrogen) atoms. The molecule has 1 aliphatic heterocycles. The second-order valence-corrected chi connectivity index (χ2v) is 6.16. The molecule has 1 heterocycles. The van der Waals surface area contributed by atoms with Gasteiger partial charge in [-0.1, -0.05) is 48.5 Å². The van der Waals surface area contributed by atoms with Crippen molar-refractivity contribution in [1.29, 1.82) is 0 Å². The number of nitrogens with one attached hydrogen (secondary N) is 1. The quantitative estimate of drug-likeness (QED) is 0.765. The third-order valence-electron chi connectivity index (χ3n) is 4.40. The topological polar surface area (TPSA) is 69.2 Å². The molecule has 1 aliphatic rings. The van der Waals surface area contributed by atoms with Crippen molar-refractivity contribution in [2.45, 2.75) is 12.5 Å². The zero-order valence-corrected chi connectivity index (χ0v) is 13.6. The fraction of sp³-hybridized carbons (Fsp3) is 0.0952. The minimum Gasteiger partial charge on any atom is -0.325 e. The van der Waals surface area contributed by atoms with Crippen molar-refractivity contribution < 1.29 is 4.79 Å². The number of hydrogen-bond donors (Lipinski definition) is 2. The van der Waals surface area contributed by atoms with Crippen LogP contribution in [0.5, 0.6) is 0 Å². The summed E-state index contributed by atoms with van der Waals surface area (Å²) in [6, 6.07) is 21.1. The molecule has 123 valence electrons. The molecule has 3 aromatic rings. The molecule has 3 N–H and O–H groups in total. The van der Waals surface area contributed by atoms with Crippen LogP contribution in [0.15, 0.2) is 72.9 Å². The molecule has 0 aliphatic carbocycles. The first kappa shape index (κ1) is 15.4. The van der Waals surface area contributed by atoms with E-state index in [0.717, 1.165) is 33.3 Å². The summed E-state index contributed by atoms with van der Waals surface area (Å²) in [5.74, 6) is -0.194. The average molecular weight is 328 g/mol. The monoisotopic (exact) mass is 328 g/mol. The Morgan fingerprint density at radius 2 is 1.76 bits per heavy atom. The highest BCUT2D eigenvalue weighted by Crippen LogP contribution is 2.32. The van der Waals surface area contributed by atoms with E-state index in [1.54, 1.807) is 6.20 Å². The molecule has 4 rings (SSSR count). The zero-order valence-electron chi connectivity index (χ0n) is 13.6. The second-order valence-electron chi connectivity index (χ2n) is 6.16. The number of nitrogens with two attached hydrogens (primary N) is 1. The van der Waals surface area contributed by atoms with Gasteiger partial charge in [-0.3, -0.25) is 10.1 Å². The minimum absolute atomic E-state index is 0.194. The number of para-hydroxylation sites is 1. The molecule has 0 fully saturated rings. The van der Waals surface area contributed by atoms with E-state index in [4.69, 9.17) is 5.73 Å². The summed E-state index contributed by atoms with van der Waals surface area (Å²) in [6.07, 6.45) is 2.26. The van der Waals surface area contributed by atoms with Crippen LogP contribution < -0.4 is 16.4 Å². The lowest BCUT2D eigenvalue weighted by Gasteiger charge is -2.13. The van der Waals surface area contributed by atoms with Gasteiger partial charge in [0.2, 0.25) is 5.91 Å². The third kappa shape index (κ3) is 3.12. The van der Waals surface area contributed by atoms with E-state index in [2.05, 4.69) is 10.6 Å². The Kier molecular flexibility index (Phi) is 3.96. The summed E-state index contributed by atoms with van der Waals surface area (Å²) in [6.45, 7) is 0. The molecule has 0 saturated carbocycles. The van der Waals surface area contributed by atoms with Gasteiger partial charge >= 0.3 is 0 Å². The lowest BCUT2D eigenvalue weighted by atomic mass is 10.00. The predicted molar refractivity (Wildman–Crippen MR) is 101 cm³/mol. The van der Waals surface area contributed by atoms with Gasteiger partial charge in [-0.25, -0.2) is 0 Å². The summed E-state index contributed by atoms with van der Waals surface area (Å²) >= 11 is 0. The number of rotatable bonds is 4. The number of carbonyl (C=O) groups is 1. The molecule has 0 aromatic heterocycles. The Bertz CT molecular complexity index is 978. The van der Waals surface area contributed by atoms with E-state index in [0.29, 0.717) is 6.42 Å². The van der Waals surface area contributed by atoms with Crippen molar-refractivity contribution in [1.82, 2.24) is 5.32 Å². The van der Waals surface area contributed by atoms with Gasteiger partial charge < -0.3 is 11.1 Å². The molecule has 1 atom stereocenters. The first-order valence-electron chi connectivity index (χ1n) is 8.25. The fourth-order valence-electron chi connectivity index (χ4n) is 3.07. The first-order valence-corrected chi connectivity index (χ1v) is 8.25. The summed E-state index contributed by atoms with van der Waals surface area (Å²) < 4.78 is 0. The normalized spacial score (nSPS) is 13.7. The Balaban J connectivity index is 1.45. The van der Waals surface area contributed by atoms with Crippen LogP contribution in [0, 0.1) is 0 Å². The Hall–Kier alpha value is -3.11. The zero-order chi connectivity index (χ0) is 17.2. The maximum atomic E-state index is 12.5. The summed E-state index contributed by atoms with van der Waals surface area (Å²) in [4.78, 5) is 12.5. The van der Waals surface area contributed by atoms with Gasteiger partial charge in [-0.15, -0.1) is 0 Å². The van der Waals surface area contributed by atoms with Gasteiger partial charge in [-0.05, 0) is 41.0 Å². The Labute approximate surface area is 146 Å². The number of carbonyl (C=O) groups excluding carboxylic acids is 1. The molecule has 0 saturated heterocycles. The van der Waals surface area contributed by atoms with Crippen LogP contribution >= 0.6 is 0 Å². The van der Waals surface area contributed by atoms with E-state index < -0.39 is 6.04 Å². The minimum atomic E-state index is -0.626. The third-order valence-corrected chi connectivity index (χ3v) is 4.40. The van der Waals surface area contributed by atoms with E-state index in [1.165, 1.54) is 0 Å². The van der Waals surface area contributed by atoms with Crippen molar-refractivity contribution in [3.63, 3.8) is 0 Å². The molecular formula is C21H18N3O. The molecule has 0 spiro atoms. The van der Waals surface area contributed by atoms with Crippen molar-refractivity contribution in [3.05, 3.63) is 78.5 Å². The first-order chi connectivity index (χ1) is 12.2. The van der Waals surface area contributed by atoms with Gasteiger partial charge in [0.15, 0.2) is 0 Å². The number of fused-ring (bicyclic) bond motifs is 2. The second kappa shape index (κ2) is 6.42. The largest absolute Gasteiger partial charge is 0.325 e. The number of nitrogens with zero attached hydrogens (tertiary/aromatic N) is 1. The molecule has 0 bridgehead atoms. The molecule has 1 unspecified atom stereocenters. The van der Waals surface area contributed by atoms with Crippen LogP contribution in [-0.4, -0.2) is 11.9 Å². The van der Waals surface area contributed by atoms with E-state index in [-0.39, 0.29) is 5.91 Å². The van der Waals surface area contributed by atoms with Crippen LogP contribution in [0.1, 0.15) is 12.0 Å². The molecule has 1 radical (unpaired) electrons. The van der Waals surface area contributed by atoms with Crippen molar-refractivity contribution in [3.8, 4) is 0 Å². The summed E-state index contributed by atoms with van der Waals surface area (Å²) in [7, 11) is 0. The number of amides is 1. The molecular weight excluding hydrogens is 310 g/mol.